The molecule has 1 atom stereocenters. The molecule has 2 aliphatic heterocycles. The number of hydrogen-bond acceptors (Lipinski definition) is 2. The highest BCUT2D eigenvalue weighted by atomic mass is 16.2. The molecule has 2 fully saturated rings. The standard InChI is InChI=1S/C21H32N2O/c1-20(2)13-16(14-21(3,4)22-20)12-19(24)23-11-10-18(15-23)17-8-6-5-7-9-17/h5-9,16,18,22H,10-15H2,1-4H3. The van der Waals surface area contributed by atoms with Crippen molar-refractivity contribution in [3.05, 3.63) is 35.9 Å². The molecule has 0 saturated carbocycles. The quantitative estimate of drug-likeness (QED) is 0.911. The van der Waals surface area contributed by atoms with E-state index >= 15 is 0 Å². The van der Waals surface area contributed by atoms with E-state index in [4.69, 9.17) is 0 Å². The molecular weight excluding hydrogens is 296 g/mol. The average molecular weight is 329 g/mol. The molecule has 3 nitrogen and oxygen atoms in total. The van der Waals surface area contributed by atoms with Crippen molar-refractivity contribution in [1.29, 1.82) is 0 Å². The van der Waals surface area contributed by atoms with Gasteiger partial charge in [0, 0.05) is 36.5 Å². The highest BCUT2D eigenvalue weighted by Crippen LogP contribution is 2.36. The van der Waals surface area contributed by atoms with E-state index < -0.39 is 0 Å². The van der Waals surface area contributed by atoms with Gasteiger partial charge in [0.25, 0.3) is 0 Å². The Labute approximate surface area is 146 Å². The number of carbonyl (C=O) groups is 1. The van der Waals surface area contributed by atoms with Crippen LogP contribution in [0.1, 0.15) is 64.9 Å². The third-order valence-corrected chi connectivity index (χ3v) is 5.55. The number of nitrogens with one attached hydrogen (secondary N) is 1. The number of carbonyl (C=O) groups excluding carboxylic acids is 1. The van der Waals surface area contributed by atoms with Crippen LogP contribution in [-0.4, -0.2) is 35.0 Å². The summed E-state index contributed by atoms with van der Waals surface area (Å²) in [5.74, 6) is 1.35. The van der Waals surface area contributed by atoms with Crippen molar-refractivity contribution in [3.8, 4) is 0 Å². The Morgan fingerprint density at radius 1 is 1.12 bits per heavy atom. The maximum absolute atomic E-state index is 12.8. The van der Waals surface area contributed by atoms with Crippen LogP contribution >= 0.6 is 0 Å². The number of likely N-dealkylation sites (tertiary alicyclic amines) is 1. The number of piperidine rings is 1. The predicted octanol–water partition coefficient (Wildman–Crippen LogP) is 3.95. The van der Waals surface area contributed by atoms with E-state index in [0.29, 0.717) is 24.2 Å². The smallest absolute Gasteiger partial charge is 0.222 e. The molecule has 1 aromatic rings. The highest BCUT2D eigenvalue weighted by molar-refractivity contribution is 5.77. The lowest BCUT2D eigenvalue weighted by Crippen LogP contribution is -2.58. The summed E-state index contributed by atoms with van der Waals surface area (Å²) in [5.41, 5.74) is 1.60. The summed E-state index contributed by atoms with van der Waals surface area (Å²) in [5, 5.41) is 3.71. The van der Waals surface area contributed by atoms with E-state index in [1.165, 1.54) is 5.56 Å². The van der Waals surface area contributed by atoms with Crippen molar-refractivity contribution in [2.24, 2.45) is 5.92 Å². The summed E-state index contributed by atoms with van der Waals surface area (Å²) in [6.07, 6.45) is 3.96. The Hall–Kier alpha value is -1.35. The molecular formula is C21H32N2O. The molecule has 1 aromatic carbocycles. The monoisotopic (exact) mass is 328 g/mol. The van der Waals surface area contributed by atoms with Crippen molar-refractivity contribution >= 4 is 5.91 Å². The van der Waals surface area contributed by atoms with Crippen molar-refractivity contribution in [3.63, 3.8) is 0 Å². The number of hydrogen-bond donors (Lipinski definition) is 1. The lowest BCUT2D eigenvalue weighted by molar-refractivity contribution is -0.131. The fraction of sp³-hybridized carbons (Fsp3) is 0.667. The van der Waals surface area contributed by atoms with Crippen LogP contribution in [0.5, 0.6) is 0 Å². The molecule has 3 rings (SSSR count). The molecule has 0 aromatic heterocycles. The lowest BCUT2D eigenvalue weighted by Gasteiger charge is -2.46. The van der Waals surface area contributed by atoms with Gasteiger partial charge in [0.05, 0.1) is 0 Å². The minimum absolute atomic E-state index is 0.115. The largest absolute Gasteiger partial charge is 0.342 e. The third-order valence-electron chi connectivity index (χ3n) is 5.55. The van der Waals surface area contributed by atoms with Crippen LogP contribution in [0.2, 0.25) is 0 Å². The van der Waals surface area contributed by atoms with Crippen molar-refractivity contribution < 1.29 is 4.79 Å². The molecule has 0 aliphatic carbocycles. The molecule has 0 radical (unpaired) electrons. The molecule has 1 amide bonds. The van der Waals surface area contributed by atoms with Crippen LogP contribution in [0.4, 0.5) is 0 Å². The van der Waals surface area contributed by atoms with Crippen molar-refractivity contribution in [1.82, 2.24) is 10.2 Å². The molecule has 1 unspecified atom stereocenters. The van der Waals surface area contributed by atoms with Gasteiger partial charge in [-0.2, -0.15) is 0 Å². The van der Waals surface area contributed by atoms with E-state index in [2.05, 4.69) is 68.2 Å². The highest BCUT2D eigenvalue weighted by Gasteiger charge is 2.39. The zero-order valence-electron chi connectivity index (χ0n) is 15.6. The second-order valence-electron chi connectivity index (χ2n) is 9.11. The molecule has 1 N–H and O–H groups in total. The van der Waals surface area contributed by atoms with Crippen LogP contribution in [0, 0.1) is 5.92 Å². The lowest BCUT2D eigenvalue weighted by atomic mass is 9.74. The van der Waals surface area contributed by atoms with Gasteiger partial charge in [-0.05, 0) is 58.4 Å². The van der Waals surface area contributed by atoms with Gasteiger partial charge in [0.15, 0.2) is 0 Å². The third kappa shape index (κ3) is 4.18. The van der Waals surface area contributed by atoms with Crippen LogP contribution in [-0.2, 0) is 4.79 Å². The van der Waals surface area contributed by atoms with E-state index in [1.807, 2.05) is 0 Å². The second-order valence-corrected chi connectivity index (χ2v) is 9.11. The molecule has 132 valence electrons. The van der Waals surface area contributed by atoms with Gasteiger partial charge < -0.3 is 10.2 Å². The van der Waals surface area contributed by atoms with Gasteiger partial charge in [0.2, 0.25) is 5.91 Å². The fourth-order valence-electron chi connectivity index (χ4n) is 5.04. The van der Waals surface area contributed by atoms with Gasteiger partial charge in [-0.3, -0.25) is 4.79 Å². The Balaban J connectivity index is 1.58. The normalized spacial score (nSPS) is 26.5. The number of nitrogens with zero attached hydrogens (tertiary/aromatic N) is 1. The molecule has 2 heterocycles. The van der Waals surface area contributed by atoms with Crippen LogP contribution in [0.25, 0.3) is 0 Å². The van der Waals surface area contributed by atoms with Crippen LogP contribution in [0.15, 0.2) is 30.3 Å². The summed E-state index contributed by atoms with van der Waals surface area (Å²) >= 11 is 0. The van der Waals surface area contributed by atoms with Crippen molar-refractivity contribution in [2.75, 3.05) is 13.1 Å². The Kier molecular flexibility index (Phi) is 4.74. The van der Waals surface area contributed by atoms with E-state index in [1.54, 1.807) is 0 Å². The average Bonchev–Trinajstić information content (AvgIpc) is 2.94. The number of amides is 1. The van der Waals surface area contributed by atoms with E-state index in [0.717, 1.165) is 32.4 Å². The predicted molar refractivity (Wildman–Crippen MR) is 99.0 cm³/mol. The number of rotatable bonds is 3. The molecule has 3 heteroatoms. The number of benzene rings is 1. The SMILES string of the molecule is CC1(C)CC(CC(=O)N2CCC(c3ccccc3)C2)CC(C)(C)N1. The first-order chi connectivity index (χ1) is 11.2. The Morgan fingerprint density at radius 2 is 1.75 bits per heavy atom. The molecule has 2 saturated heterocycles. The van der Waals surface area contributed by atoms with E-state index in [9.17, 15) is 4.79 Å². The Morgan fingerprint density at radius 3 is 2.38 bits per heavy atom. The van der Waals surface area contributed by atoms with Gasteiger partial charge >= 0.3 is 0 Å². The van der Waals surface area contributed by atoms with Gasteiger partial charge in [-0.15, -0.1) is 0 Å². The Bertz CT molecular complexity index is 563. The van der Waals surface area contributed by atoms with Crippen LogP contribution in [0.3, 0.4) is 0 Å². The minimum atomic E-state index is 0.115. The summed E-state index contributed by atoms with van der Waals surface area (Å²) < 4.78 is 0. The maximum Gasteiger partial charge on any atom is 0.222 e. The molecule has 0 bridgehead atoms. The fourth-order valence-corrected chi connectivity index (χ4v) is 5.04. The summed E-state index contributed by atoms with van der Waals surface area (Å²) in [7, 11) is 0. The summed E-state index contributed by atoms with van der Waals surface area (Å²) in [4.78, 5) is 14.9. The van der Waals surface area contributed by atoms with Crippen LogP contribution < -0.4 is 5.32 Å². The van der Waals surface area contributed by atoms with Gasteiger partial charge in [-0.1, -0.05) is 30.3 Å². The first-order valence-corrected chi connectivity index (χ1v) is 9.36. The van der Waals surface area contributed by atoms with Gasteiger partial charge in [-0.25, -0.2) is 0 Å². The first-order valence-electron chi connectivity index (χ1n) is 9.36. The summed E-state index contributed by atoms with van der Waals surface area (Å²) in [6.45, 7) is 10.8. The maximum atomic E-state index is 12.8. The zero-order valence-corrected chi connectivity index (χ0v) is 15.6. The second kappa shape index (κ2) is 6.51. The van der Waals surface area contributed by atoms with Crippen molar-refractivity contribution in [2.45, 2.75) is 70.4 Å². The molecule has 24 heavy (non-hydrogen) atoms. The first kappa shape index (κ1) is 17.5. The minimum Gasteiger partial charge on any atom is -0.342 e. The topological polar surface area (TPSA) is 32.3 Å². The zero-order chi connectivity index (χ0) is 17.4. The molecule has 2 aliphatic rings. The van der Waals surface area contributed by atoms with E-state index in [-0.39, 0.29) is 11.1 Å². The van der Waals surface area contributed by atoms with Gasteiger partial charge in [0.1, 0.15) is 0 Å². The molecule has 0 spiro atoms. The summed E-state index contributed by atoms with van der Waals surface area (Å²) in [6, 6.07) is 10.6.